The van der Waals surface area contributed by atoms with Gasteiger partial charge in [0.25, 0.3) is 5.91 Å². The van der Waals surface area contributed by atoms with Gasteiger partial charge in [-0.3, -0.25) is 9.59 Å². The van der Waals surface area contributed by atoms with E-state index in [1.807, 2.05) is 32.0 Å². The summed E-state index contributed by atoms with van der Waals surface area (Å²) in [7, 11) is 0. The molecule has 0 aromatic heterocycles. The van der Waals surface area contributed by atoms with Gasteiger partial charge in [-0.1, -0.05) is 18.2 Å². The summed E-state index contributed by atoms with van der Waals surface area (Å²) in [4.78, 5) is 28.6. The van der Waals surface area contributed by atoms with Crippen LogP contribution in [0.4, 0.5) is 4.39 Å². The van der Waals surface area contributed by atoms with E-state index in [0.29, 0.717) is 31.9 Å². The monoisotopic (exact) mass is 398 g/mol. The molecule has 1 fully saturated rings. The van der Waals surface area contributed by atoms with Crippen LogP contribution in [0.3, 0.4) is 0 Å². The maximum absolute atomic E-state index is 13.0. The largest absolute Gasteiger partial charge is 0.484 e. The third-order valence-electron chi connectivity index (χ3n) is 5.31. The fraction of sp³-hybridized carbons (Fsp3) is 0.391. The van der Waals surface area contributed by atoms with E-state index in [9.17, 15) is 14.0 Å². The minimum Gasteiger partial charge on any atom is -0.484 e. The maximum Gasteiger partial charge on any atom is 0.260 e. The Balaban J connectivity index is 1.49. The van der Waals surface area contributed by atoms with Gasteiger partial charge in [0.2, 0.25) is 5.91 Å². The molecule has 0 spiro atoms. The van der Waals surface area contributed by atoms with Crippen LogP contribution in [0, 0.1) is 19.7 Å². The summed E-state index contributed by atoms with van der Waals surface area (Å²) in [6, 6.07) is 11.8. The van der Waals surface area contributed by atoms with Gasteiger partial charge in [0.05, 0.1) is 6.42 Å². The first-order valence-corrected chi connectivity index (χ1v) is 9.92. The molecule has 2 aromatic rings. The lowest BCUT2D eigenvalue weighted by molar-refractivity contribution is -0.134. The van der Waals surface area contributed by atoms with Crippen LogP contribution in [-0.2, 0) is 16.0 Å². The fourth-order valence-corrected chi connectivity index (χ4v) is 3.34. The number of hydrogen-bond donors (Lipinski definition) is 0. The van der Waals surface area contributed by atoms with E-state index in [4.69, 9.17) is 4.74 Å². The van der Waals surface area contributed by atoms with Gasteiger partial charge in [-0.25, -0.2) is 4.39 Å². The second-order valence-electron chi connectivity index (χ2n) is 7.45. The molecule has 6 heteroatoms. The van der Waals surface area contributed by atoms with Gasteiger partial charge >= 0.3 is 0 Å². The lowest BCUT2D eigenvalue weighted by Gasteiger charge is -2.22. The van der Waals surface area contributed by atoms with Crippen molar-refractivity contribution in [1.82, 2.24) is 9.80 Å². The number of halogens is 1. The van der Waals surface area contributed by atoms with Crippen molar-refractivity contribution in [1.29, 1.82) is 0 Å². The van der Waals surface area contributed by atoms with E-state index in [-0.39, 0.29) is 30.7 Å². The lowest BCUT2D eigenvalue weighted by Crippen LogP contribution is -2.39. The van der Waals surface area contributed by atoms with E-state index in [0.717, 1.165) is 17.5 Å². The highest BCUT2D eigenvalue weighted by molar-refractivity contribution is 5.80. The third-order valence-corrected chi connectivity index (χ3v) is 5.31. The number of rotatable bonds is 5. The van der Waals surface area contributed by atoms with Crippen LogP contribution < -0.4 is 4.74 Å². The molecule has 0 aliphatic carbocycles. The van der Waals surface area contributed by atoms with Crippen LogP contribution in [0.5, 0.6) is 5.75 Å². The third kappa shape index (κ3) is 5.79. The molecule has 0 saturated carbocycles. The Morgan fingerprint density at radius 3 is 2.21 bits per heavy atom. The molecule has 3 rings (SSSR count). The maximum atomic E-state index is 13.0. The molecule has 1 heterocycles. The minimum atomic E-state index is -0.312. The highest BCUT2D eigenvalue weighted by atomic mass is 19.1. The molecular weight excluding hydrogens is 371 g/mol. The molecule has 2 amide bonds. The molecule has 2 aromatic carbocycles. The first-order valence-electron chi connectivity index (χ1n) is 9.92. The Hall–Kier alpha value is -2.89. The van der Waals surface area contributed by atoms with E-state index in [2.05, 4.69) is 0 Å². The van der Waals surface area contributed by atoms with Crippen LogP contribution in [0.1, 0.15) is 23.1 Å². The molecule has 1 saturated heterocycles. The molecule has 154 valence electrons. The number of benzene rings is 2. The molecular formula is C23H27FN2O3. The van der Waals surface area contributed by atoms with Crippen molar-refractivity contribution in [2.45, 2.75) is 26.7 Å². The number of nitrogens with zero attached hydrogens (tertiary/aromatic N) is 2. The summed E-state index contributed by atoms with van der Waals surface area (Å²) in [6.07, 6.45) is 0.967. The second-order valence-corrected chi connectivity index (χ2v) is 7.45. The van der Waals surface area contributed by atoms with Crippen molar-refractivity contribution in [2.75, 3.05) is 32.8 Å². The van der Waals surface area contributed by atoms with Crippen molar-refractivity contribution in [3.8, 4) is 5.75 Å². The van der Waals surface area contributed by atoms with Crippen molar-refractivity contribution in [2.24, 2.45) is 0 Å². The Bertz CT molecular complexity index is 867. The first-order chi connectivity index (χ1) is 13.9. The Morgan fingerprint density at radius 2 is 1.55 bits per heavy atom. The smallest absolute Gasteiger partial charge is 0.260 e. The molecule has 0 atom stereocenters. The Labute approximate surface area is 171 Å². The minimum absolute atomic E-state index is 0.00251. The molecule has 1 aliphatic heterocycles. The van der Waals surface area contributed by atoms with Crippen LogP contribution in [0.2, 0.25) is 0 Å². The summed E-state index contributed by atoms with van der Waals surface area (Å²) >= 11 is 0. The van der Waals surface area contributed by atoms with Crippen molar-refractivity contribution < 1.29 is 18.7 Å². The predicted molar refractivity (Wildman–Crippen MR) is 109 cm³/mol. The zero-order valence-corrected chi connectivity index (χ0v) is 17.0. The van der Waals surface area contributed by atoms with Gasteiger partial charge in [0.1, 0.15) is 11.6 Å². The highest BCUT2D eigenvalue weighted by Crippen LogP contribution is 2.16. The fourth-order valence-electron chi connectivity index (χ4n) is 3.34. The number of amides is 2. The molecule has 1 aliphatic rings. The normalized spacial score (nSPS) is 14.4. The molecule has 29 heavy (non-hydrogen) atoms. The molecule has 0 radical (unpaired) electrons. The quantitative estimate of drug-likeness (QED) is 0.778. The molecule has 0 bridgehead atoms. The number of carbonyl (C=O) groups is 2. The number of carbonyl (C=O) groups excluding carboxylic acids is 2. The predicted octanol–water partition coefficient (Wildman–Crippen LogP) is 3.12. The zero-order chi connectivity index (χ0) is 20.8. The van der Waals surface area contributed by atoms with Crippen molar-refractivity contribution >= 4 is 11.8 Å². The topological polar surface area (TPSA) is 49.9 Å². The number of ether oxygens (including phenoxy) is 1. The van der Waals surface area contributed by atoms with Crippen LogP contribution in [0.15, 0.2) is 42.5 Å². The lowest BCUT2D eigenvalue weighted by atomic mass is 10.1. The standard InChI is InChI=1S/C23H27FN2O3/c1-17-4-9-21(14-18(17)2)29-16-23(28)26-11-3-10-25(12-13-26)22(27)15-19-5-7-20(24)8-6-19/h4-9,14H,3,10-13,15-16H2,1-2H3. The average molecular weight is 398 g/mol. The number of aryl methyl sites for hydroxylation is 2. The van der Waals surface area contributed by atoms with Crippen molar-refractivity contribution in [3.05, 3.63) is 65.0 Å². The summed E-state index contributed by atoms with van der Waals surface area (Å²) in [6.45, 7) is 6.24. The van der Waals surface area contributed by atoms with E-state index in [1.54, 1.807) is 21.9 Å². The summed E-state index contributed by atoms with van der Waals surface area (Å²) in [5.41, 5.74) is 3.09. The Kier molecular flexibility index (Phi) is 6.86. The van der Waals surface area contributed by atoms with Crippen LogP contribution >= 0.6 is 0 Å². The van der Waals surface area contributed by atoms with Gasteiger partial charge in [0, 0.05) is 26.2 Å². The van der Waals surface area contributed by atoms with Gasteiger partial charge in [0.15, 0.2) is 6.61 Å². The van der Waals surface area contributed by atoms with Gasteiger partial charge in [-0.05, 0) is 61.2 Å². The zero-order valence-electron chi connectivity index (χ0n) is 17.0. The SMILES string of the molecule is Cc1ccc(OCC(=O)N2CCCN(C(=O)Cc3ccc(F)cc3)CC2)cc1C. The highest BCUT2D eigenvalue weighted by Gasteiger charge is 2.22. The summed E-state index contributed by atoms with van der Waals surface area (Å²) in [5.74, 6) is 0.300. The van der Waals surface area contributed by atoms with E-state index >= 15 is 0 Å². The van der Waals surface area contributed by atoms with Gasteiger partial charge < -0.3 is 14.5 Å². The van der Waals surface area contributed by atoms with Crippen LogP contribution in [-0.4, -0.2) is 54.4 Å². The summed E-state index contributed by atoms with van der Waals surface area (Å²) < 4.78 is 18.7. The van der Waals surface area contributed by atoms with Crippen LogP contribution in [0.25, 0.3) is 0 Å². The van der Waals surface area contributed by atoms with Gasteiger partial charge in [-0.15, -0.1) is 0 Å². The van der Waals surface area contributed by atoms with Crippen molar-refractivity contribution in [3.63, 3.8) is 0 Å². The first kappa shape index (κ1) is 20.8. The van der Waals surface area contributed by atoms with E-state index in [1.165, 1.54) is 17.7 Å². The van der Waals surface area contributed by atoms with E-state index < -0.39 is 0 Å². The molecule has 5 nitrogen and oxygen atoms in total. The molecule has 0 N–H and O–H groups in total. The molecule has 0 unspecified atom stereocenters. The second kappa shape index (κ2) is 9.54. The Morgan fingerprint density at radius 1 is 0.897 bits per heavy atom. The average Bonchev–Trinajstić information content (AvgIpc) is 2.97. The number of hydrogen-bond acceptors (Lipinski definition) is 3. The van der Waals surface area contributed by atoms with Gasteiger partial charge in [-0.2, -0.15) is 0 Å². The summed E-state index contributed by atoms with van der Waals surface area (Å²) in [5, 5.41) is 0.